The Morgan fingerprint density at radius 3 is 2.44 bits per heavy atom. The Labute approximate surface area is 158 Å². The van der Waals surface area contributed by atoms with Crippen molar-refractivity contribution in [3.8, 4) is 0 Å². The predicted octanol–water partition coefficient (Wildman–Crippen LogP) is 3.88. The first kappa shape index (κ1) is 18.4. The zero-order valence-corrected chi connectivity index (χ0v) is 15.4. The molecule has 0 unspecified atom stereocenters. The molecule has 0 aliphatic carbocycles. The Morgan fingerprint density at radius 1 is 1.00 bits per heavy atom. The van der Waals surface area contributed by atoms with Crippen LogP contribution in [0.15, 0.2) is 66.9 Å². The van der Waals surface area contributed by atoms with Crippen molar-refractivity contribution in [1.29, 1.82) is 0 Å². The molecule has 1 aromatic heterocycles. The number of amides is 1. The second-order valence-electron chi connectivity index (χ2n) is 6.29. The average molecular weight is 362 g/mol. The van der Waals surface area contributed by atoms with E-state index in [1.807, 2.05) is 79.7 Å². The molecule has 3 aromatic rings. The van der Waals surface area contributed by atoms with Crippen LogP contribution in [0, 0.1) is 0 Å². The lowest BCUT2D eigenvalue weighted by molar-refractivity contribution is 0.155. The predicted molar refractivity (Wildman–Crippen MR) is 106 cm³/mol. The Kier molecular flexibility index (Phi) is 5.99. The van der Waals surface area contributed by atoms with Gasteiger partial charge in [-0.1, -0.05) is 42.5 Å². The minimum Gasteiger partial charge on any atom is -0.444 e. The summed E-state index contributed by atoms with van der Waals surface area (Å²) in [6, 6.07) is 19.0. The molecule has 1 heterocycles. The first-order valence-corrected chi connectivity index (χ1v) is 8.66. The molecule has 27 heavy (non-hydrogen) atoms. The van der Waals surface area contributed by atoms with E-state index in [0.29, 0.717) is 12.1 Å². The summed E-state index contributed by atoms with van der Waals surface area (Å²) in [5.74, 6) is 1.63. The number of nitrogens with one attached hydrogen (secondary N) is 1. The summed E-state index contributed by atoms with van der Waals surface area (Å²) < 4.78 is 5.22. The maximum atomic E-state index is 11.9. The number of ether oxygens (including phenoxy) is 1. The van der Waals surface area contributed by atoms with Gasteiger partial charge in [0.2, 0.25) is 0 Å². The molecule has 0 spiro atoms. The van der Waals surface area contributed by atoms with Crippen LogP contribution in [0.25, 0.3) is 0 Å². The van der Waals surface area contributed by atoms with Gasteiger partial charge in [0.25, 0.3) is 0 Å². The van der Waals surface area contributed by atoms with Crippen LogP contribution in [0.5, 0.6) is 0 Å². The van der Waals surface area contributed by atoms with Crippen molar-refractivity contribution in [2.24, 2.45) is 0 Å². The molecule has 138 valence electrons. The molecule has 1 N–H and O–H groups in total. The van der Waals surface area contributed by atoms with Crippen molar-refractivity contribution in [3.05, 3.63) is 83.8 Å². The number of hydrogen-bond donors (Lipinski definition) is 1. The number of rotatable bonds is 6. The Morgan fingerprint density at radius 2 is 1.74 bits per heavy atom. The summed E-state index contributed by atoms with van der Waals surface area (Å²) in [6.07, 6.45) is 1.91. The standard InChI is InChI=1S/C21H22N4O2/c1-25(2)20-12-13-22-19(24-20)14-16-8-10-18(11-9-16)23-21(26)27-15-17-6-4-3-5-7-17/h3-13H,14-15H2,1-2H3,(H,23,26). The van der Waals surface area contributed by atoms with Gasteiger partial charge in [-0.25, -0.2) is 14.8 Å². The number of anilines is 2. The summed E-state index contributed by atoms with van der Waals surface area (Å²) >= 11 is 0. The van der Waals surface area contributed by atoms with Gasteiger partial charge in [0.15, 0.2) is 0 Å². The van der Waals surface area contributed by atoms with E-state index in [-0.39, 0.29) is 6.61 Å². The van der Waals surface area contributed by atoms with E-state index in [4.69, 9.17) is 4.74 Å². The zero-order chi connectivity index (χ0) is 19.1. The lowest BCUT2D eigenvalue weighted by Gasteiger charge is -2.11. The highest BCUT2D eigenvalue weighted by molar-refractivity contribution is 5.84. The van der Waals surface area contributed by atoms with Crippen LogP contribution in [0.4, 0.5) is 16.3 Å². The minimum absolute atomic E-state index is 0.240. The van der Waals surface area contributed by atoms with Crippen LogP contribution < -0.4 is 10.2 Å². The third-order valence-corrected chi connectivity index (χ3v) is 3.92. The Hall–Kier alpha value is -3.41. The summed E-state index contributed by atoms with van der Waals surface area (Å²) in [6.45, 7) is 0.240. The summed E-state index contributed by atoms with van der Waals surface area (Å²) in [4.78, 5) is 22.7. The van der Waals surface area contributed by atoms with Gasteiger partial charge in [-0.15, -0.1) is 0 Å². The van der Waals surface area contributed by atoms with Gasteiger partial charge < -0.3 is 9.64 Å². The summed E-state index contributed by atoms with van der Waals surface area (Å²) in [5.41, 5.74) is 2.69. The fourth-order valence-electron chi connectivity index (χ4n) is 2.49. The molecule has 0 fully saturated rings. The van der Waals surface area contributed by atoms with Gasteiger partial charge in [-0.05, 0) is 29.3 Å². The highest BCUT2D eigenvalue weighted by Gasteiger charge is 2.06. The molecule has 0 atom stereocenters. The van der Waals surface area contributed by atoms with E-state index in [1.54, 1.807) is 6.20 Å². The minimum atomic E-state index is -0.478. The van der Waals surface area contributed by atoms with Crippen molar-refractivity contribution >= 4 is 17.6 Å². The summed E-state index contributed by atoms with van der Waals surface area (Å²) in [5, 5.41) is 2.73. The van der Waals surface area contributed by atoms with Crippen molar-refractivity contribution in [2.45, 2.75) is 13.0 Å². The third-order valence-electron chi connectivity index (χ3n) is 3.92. The molecule has 0 saturated carbocycles. The monoisotopic (exact) mass is 362 g/mol. The van der Waals surface area contributed by atoms with Crippen LogP contribution in [0.1, 0.15) is 17.0 Å². The molecule has 6 heteroatoms. The van der Waals surface area contributed by atoms with Gasteiger partial charge in [-0.3, -0.25) is 5.32 Å². The first-order valence-electron chi connectivity index (χ1n) is 8.66. The Balaban J connectivity index is 1.54. The largest absolute Gasteiger partial charge is 0.444 e. The highest BCUT2D eigenvalue weighted by atomic mass is 16.5. The smallest absolute Gasteiger partial charge is 0.411 e. The van der Waals surface area contributed by atoms with Crippen molar-refractivity contribution in [3.63, 3.8) is 0 Å². The molecule has 0 aliphatic rings. The normalized spacial score (nSPS) is 10.3. The Bertz CT molecular complexity index is 880. The molecule has 0 aliphatic heterocycles. The zero-order valence-electron chi connectivity index (χ0n) is 15.4. The van der Waals surface area contributed by atoms with E-state index >= 15 is 0 Å². The third kappa shape index (κ3) is 5.54. The van der Waals surface area contributed by atoms with E-state index in [2.05, 4.69) is 15.3 Å². The molecule has 0 saturated heterocycles. The number of benzene rings is 2. The molecule has 0 bridgehead atoms. The van der Waals surface area contributed by atoms with Gasteiger partial charge in [0, 0.05) is 32.4 Å². The fourth-order valence-corrected chi connectivity index (χ4v) is 2.49. The van der Waals surface area contributed by atoms with Crippen LogP contribution in [-0.2, 0) is 17.8 Å². The van der Waals surface area contributed by atoms with Gasteiger partial charge >= 0.3 is 6.09 Å². The van der Waals surface area contributed by atoms with Crippen LogP contribution in [-0.4, -0.2) is 30.2 Å². The van der Waals surface area contributed by atoms with Crippen molar-refractivity contribution in [2.75, 3.05) is 24.3 Å². The van der Waals surface area contributed by atoms with Gasteiger partial charge in [0.1, 0.15) is 18.2 Å². The lowest BCUT2D eigenvalue weighted by Crippen LogP contribution is -2.13. The number of hydrogen-bond acceptors (Lipinski definition) is 5. The highest BCUT2D eigenvalue weighted by Crippen LogP contribution is 2.14. The topological polar surface area (TPSA) is 67.4 Å². The lowest BCUT2D eigenvalue weighted by atomic mass is 10.1. The number of carbonyl (C=O) groups is 1. The summed E-state index contributed by atoms with van der Waals surface area (Å²) in [7, 11) is 3.90. The maximum Gasteiger partial charge on any atom is 0.411 e. The molecular formula is C21H22N4O2. The van der Waals surface area contributed by atoms with Gasteiger partial charge in [0.05, 0.1) is 0 Å². The van der Waals surface area contributed by atoms with Gasteiger partial charge in [-0.2, -0.15) is 0 Å². The number of nitrogens with zero attached hydrogens (tertiary/aromatic N) is 3. The van der Waals surface area contributed by atoms with Crippen molar-refractivity contribution in [1.82, 2.24) is 9.97 Å². The molecule has 0 radical (unpaired) electrons. The molecule has 1 amide bonds. The number of aromatic nitrogens is 2. The SMILES string of the molecule is CN(C)c1ccnc(Cc2ccc(NC(=O)OCc3ccccc3)cc2)n1. The average Bonchev–Trinajstić information content (AvgIpc) is 2.69. The molecular weight excluding hydrogens is 340 g/mol. The molecule has 2 aromatic carbocycles. The van der Waals surface area contributed by atoms with E-state index in [0.717, 1.165) is 22.8 Å². The molecule has 3 rings (SSSR count). The number of carbonyl (C=O) groups excluding carboxylic acids is 1. The van der Waals surface area contributed by atoms with Crippen LogP contribution in [0.2, 0.25) is 0 Å². The maximum absolute atomic E-state index is 11.9. The van der Waals surface area contributed by atoms with E-state index in [9.17, 15) is 4.79 Å². The fraction of sp³-hybridized carbons (Fsp3) is 0.190. The molecule has 6 nitrogen and oxygen atoms in total. The van der Waals surface area contributed by atoms with Crippen LogP contribution in [0.3, 0.4) is 0 Å². The second-order valence-corrected chi connectivity index (χ2v) is 6.29. The van der Waals surface area contributed by atoms with Crippen molar-refractivity contribution < 1.29 is 9.53 Å². The van der Waals surface area contributed by atoms with Crippen LogP contribution >= 0.6 is 0 Å². The first-order chi connectivity index (χ1) is 13.1. The second kappa shape index (κ2) is 8.80. The quantitative estimate of drug-likeness (QED) is 0.721. The van der Waals surface area contributed by atoms with E-state index in [1.165, 1.54) is 0 Å². The van der Waals surface area contributed by atoms with E-state index < -0.39 is 6.09 Å².